The van der Waals surface area contributed by atoms with Crippen LogP contribution >= 0.6 is 11.3 Å². The summed E-state index contributed by atoms with van der Waals surface area (Å²) in [5, 5.41) is 2.52. The van der Waals surface area contributed by atoms with E-state index >= 15 is 0 Å². The quantitative estimate of drug-likeness (QED) is 0.185. The Bertz CT molecular complexity index is 2720. The van der Waals surface area contributed by atoms with Gasteiger partial charge in [-0.15, -0.1) is 11.3 Å². The Morgan fingerprint density at radius 3 is 1.80 bits per heavy atom. The molecule has 3 nitrogen and oxygen atoms in total. The summed E-state index contributed by atoms with van der Waals surface area (Å²) < 4.78 is 2.51. The first-order valence-electron chi connectivity index (χ1n) is 16.9. The highest BCUT2D eigenvalue weighted by Gasteiger charge is 2.25. The van der Waals surface area contributed by atoms with Crippen molar-refractivity contribution in [3.63, 3.8) is 0 Å². The summed E-state index contributed by atoms with van der Waals surface area (Å²) in [5.74, 6) is 2.03. The van der Waals surface area contributed by atoms with Crippen LogP contribution in [-0.2, 0) is 6.42 Å². The summed E-state index contributed by atoms with van der Waals surface area (Å²) in [6.45, 7) is 0. The van der Waals surface area contributed by atoms with E-state index in [-0.39, 0.29) is 0 Å². The Kier molecular flexibility index (Phi) is 6.74. The van der Waals surface area contributed by atoms with Gasteiger partial charge in [-0.3, -0.25) is 0 Å². The largest absolute Gasteiger partial charge is 0.208 e. The van der Waals surface area contributed by atoms with Crippen LogP contribution in [0.1, 0.15) is 11.1 Å². The third-order valence-corrected chi connectivity index (χ3v) is 11.0. The molecule has 2 aromatic heterocycles. The highest BCUT2D eigenvalue weighted by molar-refractivity contribution is 7.26. The van der Waals surface area contributed by atoms with E-state index in [1.807, 2.05) is 29.5 Å². The smallest absolute Gasteiger partial charge is 0.164 e. The number of hydrogen-bond donors (Lipinski definition) is 0. The maximum Gasteiger partial charge on any atom is 0.164 e. The van der Waals surface area contributed by atoms with Gasteiger partial charge in [-0.25, -0.2) is 15.0 Å². The van der Waals surface area contributed by atoms with Crippen LogP contribution in [0.25, 0.3) is 87.7 Å². The van der Waals surface area contributed by atoms with Crippen molar-refractivity contribution in [3.05, 3.63) is 175 Å². The molecule has 2 heterocycles. The molecule has 0 aliphatic heterocycles. The molecule has 0 unspecified atom stereocenters. The van der Waals surface area contributed by atoms with Crippen molar-refractivity contribution in [2.45, 2.75) is 6.42 Å². The van der Waals surface area contributed by atoms with Crippen molar-refractivity contribution >= 4 is 31.5 Å². The van der Waals surface area contributed by atoms with Crippen molar-refractivity contribution in [1.82, 2.24) is 15.0 Å². The summed E-state index contributed by atoms with van der Waals surface area (Å²) in [4.78, 5) is 15.5. The number of nitrogens with zero attached hydrogens (tertiary/aromatic N) is 3. The molecule has 9 aromatic rings. The fraction of sp³-hybridized carbons (Fsp3) is 0.0217. The number of thiophene rings is 1. The molecular formula is C46H29N3S. The maximum atomic E-state index is 5.24. The highest BCUT2D eigenvalue weighted by Crippen LogP contribution is 2.45. The van der Waals surface area contributed by atoms with Gasteiger partial charge >= 0.3 is 0 Å². The second-order valence-corrected chi connectivity index (χ2v) is 13.8. The topological polar surface area (TPSA) is 38.7 Å². The van der Waals surface area contributed by atoms with Gasteiger partial charge in [0.05, 0.1) is 0 Å². The number of rotatable bonds is 5. The first-order valence-corrected chi connectivity index (χ1v) is 17.7. The first kappa shape index (κ1) is 28.8. The van der Waals surface area contributed by atoms with Crippen molar-refractivity contribution in [2.75, 3.05) is 0 Å². The Hall–Kier alpha value is -6.23. The van der Waals surface area contributed by atoms with Gasteiger partial charge in [0, 0.05) is 36.9 Å². The summed E-state index contributed by atoms with van der Waals surface area (Å²) in [6, 6.07) is 58.1. The van der Waals surface area contributed by atoms with Crippen LogP contribution in [0.3, 0.4) is 0 Å². The highest BCUT2D eigenvalue weighted by atomic mass is 32.1. The van der Waals surface area contributed by atoms with Crippen LogP contribution in [0.15, 0.2) is 164 Å². The Labute approximate surface area is 294 Å². The van der Waals surface area contributed by atoms with Crippen molar-refractivity contribution < 1.29 is 0 Å². The van der Waals surface area contributed by atoms with E-state index < -0.39 is 0 Å². The number of aromatic nitrogens is 3. The maximum absolute atomic E-state index is 5.24. The second-order valence-electron chi connectivity index (χ2n) is 12.8. The molecule has 1 aliphatic carbocycles. The standard InChI is InChI=1S/C46H29N3S/c1-4-12-29(13-5-1)32-22-23-33-26-34-18-10-21-39(42(34)40(33)27-32)46-48-44(31-16-8-3-9-17-31)47-45(49-46)35-24-25-37-38-20-11-19-36(30-14-6-2-7-15-30)43(38)50-41(37)28-35/h1-25,27-28H,26H2. The minimum absolute atomic E-state index is 0.669. The molecule has 0 saturated heterocycles. The second kappa shape index (κ2) is 11.7. The minimum Gasteiger partial charge on any atom is -0.208 e. The zero-order valence-corrected chi connectivity index (χ0v) is 27.9. The lowest BCUT2D eigenvalue weighted by atomic mass is 9.95. The zero-order valence-electron chi connectivity index (χ0n) is 27.0. The third-order valence-electron chi connectivity index (χ3n) is 9.77. The number of benzene rings is 7. The van der Waals surface area contributed by atoms with Crippen LogP contribution in [0.4, 0.5) is 0 Å². The van der Waals surface area contributed by atoms with Gasteiger partial charge in [0.15, 0.2) is 17.5 Å². The fourth-order valence-corrected chi connectivity index (χ4v) is 8.63. The Morgan fingerprint density at radius 1 is 0.380 bits per heavy atom. The van der Waals surface area contributed by atoms with Crippen LogP contribution in [0, 0.1) is 0 Å². The molecule has 1 aliphatic rings. The summed E-state index contributed by atoms with van der Waals surface area (Å²) in [5.41, 5.74) is 13.0. The molecule has 0 radical (unpaired) electrons. The van der Waals surface area contributed by atoms with Gasteiger partial charge in [-0.2, -0.15) is 0 Å². The molecule has 4 heteroatoms. The SMILES string of the molecule is c1ccc(-c2ccc3c(c2)-c2c(cccc2-c2nc(-c4ccccc4)nc(-c4ccc5c(c4)sc4c(-c6ccccc6)cccc45)n2)C3)cc1. The minimum atomic E-state index is 0.669. The lowest BCUT2D eigenvalue weighted by Crippen LogP contribution is -2.01. The van der Waals surface area contributed by atoms with E-state index in [0.717, 1.165) is 23.1 Å². The van der Waals surface area contributed by atoms with Crippen LogP contribution in [0.2, 0.25) is 0 Å². The van der Waals surface area contributed by atoms with E-state index in [0.29, 0.717) is 17.5 Å². The van der Waals surface area contributed by atoms with Crippen molar-refractivity contribution in [2.24, 2.45) is 0 Å². The third kappa shape index (κ3) is 4.84. The molecule has 0 amide bonds. The monoisotopic (exact) mass is 655 g/mol. The summed E-state index contributed by atoms with van der Waals surface area (Å²) >= 11 is 1.83. The zero-order chi connectivity index (χ0) is 33.0. The van der Waals surface area contributed by atoms with Gasteiger partial charge in [0.1, 0.15) is 0 Å². The fourth-order valence-electron chi connectivity index (χ4n) is 7.35. The van der Waals surface area contributed by atoms with Gasteiger partial charge in [0.2, 0.25) is 0 Å². The predicted molar refractivity (Wildman–Crippen MR) is 208 cm³/mol. The number of hydrogen-bond acceptors (Lipinski definition) is 4. The van der Waals surface area contributed by atoms with E-state index in [1.165, 1.54) is 64.7 Å². The average Bonchev–Trinajstić information content (AvgIpc) is 3.76. The van der Waals surface area contributed by atoms with Gasteiger partial charge < -0.3 is 0 Å². The van der Waals surface area contributed by atoms with E-state index in [4.69, 9.17) is 15.0 Å². The molecule has 0 saturated carbocycles. The Morgan fingerprint density at radius 2 is 1.02 bits per heavy atom. The predicted octanol–water partition coefficient (Wildman–Crippen LogP) is 12.1. The molecule has 0 atom stereocenters. The van der Waals surface area contributed by atoms with Crippen molar-refractivity contribution in [1.29, 1.82) is 0 Å². The molecule has 7 aromatic carbocycles. The lowest BCUT2D eigenvalue weighted by Gasteiger charge is -2.13. The molecule has 50 heavy (non-hydrogen) atoms. The van der Waals surface area contributed by atoms with E-state index in [9.17, 15) is 0 Å². The molecular weight excluding hydrogens is 627 g/mol. The van der Waals surface area contributed by atoms with Crippen molar-refractivity contribution in [3.8, 4) is 67.5 Å². The molecule has 0 bridgehead atoms. The van der Waals surface area contributed by atoms with Crippen LogP contribution in [-0.4, -0.2) is 15.0 Å². The van der Waals surface area contributed by atoms with Gasteiger partial charge in [-0.1, -0.05) is 152 Å². The molecule has 0 fully saturated rings. The van der Waals surface area contributed by atoms with Crippen LogP contribution < -0.4 is 0 Å². The number of fused-ring (bicyclic) bond motifs is 6. The average molecular weight is 656 g/mol. The molecule has 0 N–H and O–H groups in total. The summed E-state index contributed by atoms with van der Waals surface area (Å²) in [6.07, 6.45) is 0.893. The molecule has 234 valence electrons. The van der Waals surface area contributed by atoms with Gasteiger partial charge in [0.25, 0.3) is 0 Å². The molecule has 10 rings (SSSR count). The summed E-state index contributed by atoms with van der Waals surface area (Å²) in [7, 11) is 0. The van der Waals surface area contributed by atoms with E-state index in [2.05, 4.69) is 146 Å². The van der Waals surface area contributed by atoms with Gasteiger partial charge in [-0.05, 0) is 63.1 Å². The molecule has 0 spiro atoms. The lowest BCUT2D eigenvalue weighted by molar-refractivity contribution is 1.07. The normalized spacial score (nSPS) is 11.9. The van der Waals surface area contributed by atoms with E-state index in [1.54, 1.807) is 0 Å². The first-order chi connectivity index (χ1) is 24.8. The van der Waals surface area contributed by atoms with Crippen LogP contribution in [0.5, 0.6) is 0 Å². The Balaban J connectivity index is 1.15.